The van der Waals surface area contributed by atoms with Gasteiger partial charge in [0.25, 0.3) is 5.76 Å². The van der Waals surface area contributed by atoms with E-state index in [1.54, 1.807) is 0 Å². The first-order valence-corrected chi connectivity index (χ1v) is 5.94. The number of hydrogen-bond donors (Lipinski definition) is 0. The number of hydrogen-bond acceptors (Lipinski definition) is 3. The van der Waals surface area contributed by atoms with Crippen LogP contribution in [0.3, 0.4) is 0 Å². The lowest BCUT2D eigenvalue weighted by Crippen LogP contribution is -1.95. The van der Waals surface area contributed by atoms with Gasteiger partial charge in [0.2, 0.25) is 11.5 Å². The van der Waals surface area contributed by atoms with E-state index in [2.05, 4.69) is 0 Å². The van der Waals surface area contributed by atoms with E-state index in [0.717, 1.165) is 35.9 Å². The first kappa shape index (κ1) is 9.13. The Morgan fingerprint density at radius 1 is 0.733 bits per heavy atom. The van der Waals surface area contributed by atoms with E-state index in [9.17, 15) is 0 Å². The quantitative estimate of drug-likeness (QED) is 0.608. The van der Waals surface area contributed by atoms with E-state index < -0.39 is 0 Å². The average molecular weight is 208 g/mol. The Bertz CT molecular complexity index is 370. The van der Waals surface area contributed by atoms with Crippen LogP contribution in [0.2, 0.25) is 0 Å². The highest BCUT2D eigenvalue weighted by atomic mass is 17.0. The molecular weight excluding hydrogens is 192 g/mol. The van der Waals surface area contributed by atoms with E-state index in [4.69, 9.17) is 13.9 Å². The van der Waals surface area contributed by atoms with Crippen molar-refractivity contribution in [2.45, 2.75) is 51.4 Å². The number of fused-ring (bicyclic) bond motifs is 2. The molecule has 82 valence electrons. The maximum Gasteiger partial charge on any atom is 0.267 e. The van der Waals surface area contributed by atoms with Crippen LogP contribution < -0.4 is 0 Å². The van der Waals surface area contributed by atoms with Crippen LogP contribution in [0.4, 0.5) is 0 Å². The Morgan fingerprint density at radius 3 is 2.20 bits per heavy atom. The van der Waals surface area contributed by atoms with Crippen molar-refractivity contribution in [1.29, 1.82) is 0 Å². The van der Waals surface area contributed by atoms with Gasteiger partial charge in [-0.2, -0.15) is 0 Å². The lowest BCUT2D eigenvalue weighted by Gasteiger charge is -2.04. The van der Waals surface area contributed by atoms with Crippen LogP contribution >= 0.6 is 0 Å². The summed E-state index contributed by atoms with van der Waals surface area (Å²) in [5.74, 6) is 3.93. The largest absolute Gasteiger partial charge is 0.450 e. The summed E-state index contributed by atoms with van der Waals surface area (Å²) in [6.07, 6.45) is 9.82. The Kier molecular flexibility index (Phi) is 2.31. The van der Waals surface area contributed by atoms with Gasteiger partial charge >= 0.3 is 0 Å². The van der Waals surface area contributed by atoms with Crippen molar-refractivity contribution < 1.29 is 13.9 Å². The van der Waals surface area contributed by atoms with Gasteiger partial charge in [-0.25, -0.2) is 0 Å². The molecule has 0 amide bonds. The standard InChI is InChI=1S/C12H16O3/c1-2-4-6-8-10-12(15-14-10)11-9(13-11)7-5-3-1/h1-8H2. The third-order valence-electron chi connectivity index (χ3n) is 3.18. The highest BCUT2D eigenvalue weighted by molar-refractivity contribution is 5.69. The minimum absolute atomic E-state index is 0.866. The minimum Gasteiger partial charge on any atom is -0.450 e. The molecule has 2 heterocycles. The Hall–Kier alpha value is -1.12. The third kappa shape index (κ3) is 1.83. The summed E-state index contributed by atoms with van der Waals surface area (Å²) >= 11 is 0. The predicted octanol–water partition coefficient (Wildman–Crippen LogP) is 3.86. The normalized spacial score (nSPS) is 22.1. The van der Waals surface area contributed by atoms with Crippen LogP contribution in [0, 0.1) is 0 Å². The molecule has 1 aromatic rings. The molecule has 0 N–H and O–H groups in total. The summed E-state index contributed by atoms with van der Waals surface area (Å²) < 4.78 is 15.4. The van der Waals surface area contributed by atoms with Gasteiger partial charge in [-0.1, -0.05) is 25.7 Å². The van der Waals surface area contributed by atoms with Crippen LogP contribution in [-0.4, -0.2) is 0 Å². The Balaban J connectivity index is 1.71. The van der Waals surface area contributed by atoms with E-state index >= 15 is 0 Å². The first-order valence-electron chi connectivity index (χ1n) is 5.94. The molecule has 0 saturated heterocycles. The van der Waals surface area contributed by atoms with E-state index in [1.165, 1.54) is 38.5 Å². The fourth-order valence-corrected chi connectivity index (χ4v) is 2.18. The second kappa shape index (κ2) is 3.80. The number of rotatable bonds is 0. The smallest absolute Gasteiger partial charge is 0.267 e. The number of allylic oxidation sites excluding steroid dienone is 1. The molecule has 3 heteroatoms. The van der Waals surface area contributed by atoms with E-state index in [0.29, 0.717) is 0 Å². The lowest BCUT2D eigenvalue weighted by atomic mass is 10.1. The second-order valence-electron chi connectivity index (χ2n) is 4.39. The molecule has 0 radical (unpaired) electrons. The zero-order valence-corrected chi connectivity index (χ0v) is 8.88. The van der Waals surface area contributed by atoms with Gasteiger partial charge in [0.05, 0.1) is 0 Å². The van der Waals surface area contributed by atoms with Gasteiger partial charge in [-0.05, 0) is 12.8 Å². The average Bonchev–Trinajstić information content (AvgIpc) is 2.91. The molecule has 3 nitrogen and oxygen atoms in total. The molecule has 2 aliphatic rings. The topological polar surface area (TPSA) is 38.8 Å². The van der Waals surface area contributed by atoms with E-state index in [-0.39, 0.29) is 0 Å². The molecule has 0 unspecified atom stereocenters. The summed E-state index contributed by atoms with van der Waals surface area (Å²) in [6, 6.07) is 0. The zero-order chi connectivity index (χ0) is 10.1. The fourth-order valence-electron chi connectivity index (χ4n) is 2.18. The fraction of sp³-hybridized carbons (Fsp3) is 0.667. The van der Waals surface area contributed by atoms with Gasteiger partial charge in [-0.3, -0.25) is 9.15 Å². The van der Waals surface area contributed by atoms with Crippen LogP contribution in [0.1, 0.15) is 56.5 Å². The molecule has 15 heavy (non-hydrogen) atoms. The molecule has 1 aliphatic heterocycles. The van der Waals surface area contributed by atoms with Crippen LogP contribution in [0.15, 0.2) is 14.9 Å². The van der Waals surface area contributed by atoms with Gasteiger partial charge in [0.15, 0.2) is 5.76 Å². The Morgan fingerprint density at radius 2 is 1.47 bits per heavy atom. The van der Waals surface area contributed by atoms with Crippen molar-refractivity contribution in [3.63, 3.8) is 0 Å². The molecule has 0 aromatic carbocycles. The van der Waals surface area contributed by atoms with Crippen molar-refractivity contribution in [2.24, 2.45) is 0 Å². The van der Waals surface area contributed by atoms with Crippen LogP contribution in [-0.2, 0) is 11.2 Å². The summed E-state index contributed by atoms with van der Waals surface area (Å²) in [6.45, 7) is 0. The molecule has 0 saturated carbocycles. The third-order valence-corrected chi connectivity index (χ3v) is 3.18. The summed E-state index contributed by atoms with van der Waals surface area (Å²) in [4.78, 5) is 0. The van der Waals surface area contributed by atoms with Crippen LogP contribution in [0.5, 0.6) is 0 Å². The summed E-state index contributed by atoms with van der Waals surface area (Å²) in [5, 5.41) is 0. The van der Waals surface area contributed by atoms with Gasteiger partial charge in [-0.15, -0.1) is 0 Å². The maximum atomic E-state index is 5.43. The van der Waals surface area contributed by atoms with Crippen molar-refractivity contribution in [3.8, 4) is 0 Å². The maximum absolute atomic E-state index is 5.43. The zero-order valence-electron chi connectivity index (χ0n) is 8.88. The number of aryl methyl sites for hydroxylation is 1. The van der Waals surface area contributed by atoms with Crippen molar-refractivity contribution in [3.05, 3.63) is 17.3 Å². The monoisotopic (exact) mass is 208 g/mol. The van der Waals surface area contributed by atoms with Gasteiger partial charge < -0.3 is 4.74 Å². The van der Waals surface area contributed by atoms with Crippen molar-refractivity contribution in [1.82, 2.24) is 0 Å². The molecule has 0 atom stereocenters. The molecule has 1 aliphatic carbocycles. The van der Waals surface area contributed by atoms with Gasteiger partial charge in [0.1, 0.15) is 0 Å². The number of ether oxygens (including phenoxy) is 1. The van der Waals surface area contributed by atoms with Gasteiger partial charge in [0, 0.05) is 12.8 Å². The molecule has 0 bridgehead atoms. The highest BCUT2D eigenvalue weighted by Gasteiger charge is 2.35. The predicted molar refractivity (Wildman–Crippen MR) is 55.0 cm³/mol. The summed E-state index contributed by atoms with van der Waals surface area (Å²) in [5.41, 5.74) is 0. The Labute approximate surface area is 89.0 Å². The SMILES string of the molecule is C1CCCCc2ooc2C2=C(CCC1)O2. The van der Waals surface area contributed by atoms with E-state index in [1.807, 2.05) is 0 Å². The van der Waals surface area contributed by atoms with Crippen molar-refractivity contribution in [2.75, 3.05) is 0 Å². The van der Waals surface area contributed by atoms with Crippen LogP contribution in [0.25, 0.3) is 5.76 Å². The minimum atomic E-state index is 0.866. The molecule has 3 rings (SSSR count). The molecular formula is C12H16O3. The van der Waals surface area contributed by atoms with Crippen molar-refractivity contribution >= 4 is 5.76 Å². The molecule has 0 spiro atoms. The first-order chi connectivity index (χ1) is 7.45. The highest BCUT2D eigenvalue weighted by Crippen LogP contribution is 2.42. The molecule has 1 aromatic heterocycles. The second-order valence-corrected chi connectivity index (χ2v) is 4.39. The summed E-state index contributed by atoms with van der Waals surface area (Å²) in [7, 11) is 0. The lowest BCUT2D eigenvalue weighted by molar-refractivity contribution is -0.0232. The molecule has 0 fully saturated rings.